The second kappa shape index (κ2) is 5.43. The van der Waals surface area contributed by atoms with E-state index in [-0.39, 0.29) is 17.5 Å². The molecule has 0 saturated heterocycles. The lowest BCUT2D eigenvalue weighted by atomic mass is 10.3. The van der Waals surface area contributed by atoms with E-state index in [0.717, 1.165) is 9.35 Å². The number of hydrogen-bond acceptors (Lipinski definition) is 4. The summed E-state index contributed by atoms with van der Waals surface area (Å²) in [6, 6.07) is 1.60. The predicted octanol–water partition coefficient (Wildman–Crippen LogP) is 2.16. The molecule has 1 aromatic heterocycles. The molecule has 0 aliphatic carbocycles. The molecule has 0 bridgehead atoms. The second-order valence-corrected chi connectivity index (χ2v) is 7.38. The quantitative estimate of drug-likeness (QED) is 0.906. The minimum atomic E-state index is -3.08. The van der Waals surface area contributed by atoms with Crippen LogP contribution in [0.2, 0.25) is 0 Å². The number of sulfone groups is 1. The number of nitrogens with two attached hydrogens (primary N) is 1. The van der Waals surface area contributed by atoms with Gasteiger partial charge in [-0.05, 0) is 33.8 Å². The van der Waals surface area contributed by atoms with Crippen molar-refractivity contribution in [3.05, 3.63) is 20.8 Å². The molecule has 0 saturated carbocycles. The van der Waals surface area contributed by atoms with Gasteiger partial charge in [0.25, 0.3) is 0 Å². The van der Waals surface area contributed by atoms with E-state index >= 15 is 0 Å². The van der Waals surface area contributed by atoms with Crippen molar-refractivity contribution in [2.75, 3.05) is 5.75 Å². The third kappa shape index (κ3) is 4.22. The fourth-order valence-corrected chi connectivity index (χ4v) is 4.96. The van der Waals surface area contributed by atoms with Gasteiger partial charge in [0.05, 0.1) is 11.5 Å². The molecule has 1 heterocycles. The summed E-state index contributed by atoms with van der Waals surface area (Å²) in [5.41, 5.74) is 5.64. The fourth-order valence-electron chi connectivity index (χ4n) is 1.13. The summed E-state index contributed by atoms with van der Waals surface area (Å²) in [4.78, 5) is 0.846. The Hall–Kier alpha value is 0.0900. The van der Waals surface area contributed by atoms with Gasteiger partial charge in [0.2, 0.25) is 0 Å². The number of rotatable bonds is 5. The average Bonchev–Trinajstić information content (AvgIpc) is 2.50. The predicted molar refractivity (Wildman–Crippen MR) is 67.8 cm³/mol. The average molecular weight is 312 g/mol. The van der Waals surface area contributed by atoms with Crippen LogP contribution in [-0.2, 0) is 15.6 Å². The summed E-state index contributed by atoms with van der Waals surface area (Å²) >= 11 is 4.76. The van der Waals surface area contributed by atoms with Crippen LogP contribution in [0.3, 0.4) is 0 Å². The number of halogens is 1. The normalized spacial score (nSPS) is 14.1. The van der Waals surface area contributed by atoms with E-state index in [1.54, 1.807) is 0 Å². The molecular weight excluding hydrogens is 298 g/mol. The van der Waals surface area contributed by atoms with Crippen LogP contribution < -0.4 is 5.73 Å². The minimum absolute atomic E-state index is 0.0633. The summed E-state index contributed by atoms with van der Waals surface area (Å²) in [6.07, 6.45) is 0.685. The lowest BCUT2D eigenvalue weighted by Crippen LogP contribution is -2.29. The van der Waals surface area contributed by atoms with Gasteiger partial charge in [0, 0.05) is 15.4 Å². The van der Waals surface area contributed by atoms with Crippen LogP contribution in [0.1, 0.15) is 18.2 Å². The SMILES string of the molecule is CCC(N)CS(=O)(=O)Cc1sccc1Br. The highest BCUT2D eigenvalue weighted by Gasteiger charge is 2.17. The first-order valence-corrected chi connectivity index (χ1v) is 8.12. The molecule has 1 atom stereocenters. The van der Waals surface area contributed by atoms with E-state index in [1.165, 1.54) is 11.3 Å². The van der Waals surface area contributed by atoms with Crippen LogP contribution >= 0.6 is 27.3 Å². The van der Waals surface area contributed by atoms with E-state index in [9.17, 15) is 8.42 Å². The lowest BCUT2D eigenvalue weighted by Gasteiger charge is -2.08. The highest BCUT2D eigenvalue weighted by atomic mass is 79.9. The van der Waals surface area contributed by atoms with Crippen molar-refractivity contribution in [2.24, 2.45) is 5.73 Å². The first kappa shape index (κ1) is 13.2. The van der Waals surface area contributed by atoms with Crippen molar-refractivity contribution in [3.63, 3.8) is 0 Å². The van der Waals surface area contributed by atoms with Crippen molar-refractivity contribution >= 4 is 37.1 Å². The van der Waals surface area contributed by atoms with Gasteiger partial charge in [-0.1, -0.05) is 6.92 Å². The molecule has 15 heavy (non-hydrogen) atoms. The molecular formula is C9H14BrNO2S2. The molecule has 86 valence electrons. The van der Waals surface area contributed by atoms with Gasteiger partial charge >= 0.3 is 0 Å². The van der Waals surface area contributed by atoms with Gasteiger partial charge in [-0.2, -0.15) is 0 Å². The van der Waals surface area contributed by atoms with Crippen molar-refractivity contribution in [3.8, 4) is 0 Å². The van der Waals surface area contributed by atoms with Crippen LogP contribution in [0, 0.1) is 0 Å². The van der Waals surface area contributed by atoms with Crippen LogP contribution in [0.15, 0.2) is 15.9 Å². The Kier molecular flexibility index (Phi) is 4.76. The third-order valence-electron chi connectivity index (χ3n) is 2.03. The van der Waals surface area contributed by atoms with E-state index in [2.05, 4.69) is 15.9 Å². The Morgan fingerprint density at radius 1 is 1.60 bits per heavy atom. The number of hydrogen-bond donors (Lipinski definition) is 1. The summed E-state index contributed by atoms with van der Waals surface area (Å²) in [6.45, 7) is 1.89. The summed E-state index contributed by atoms with van der Waals surface area (Å²) < 4.78 is 24.3. The molecule has 0 amide bonds. The van der Waals surface area contributed by atoms with E-state index in [0.29, 0.717) is 6.42 Å². The molecule has 0 fully saturated rings. The van der Waals surface area contributed by atoms with Crippen LogP contribution in [0.5, 0.6) is 0 Å². The van der Waals surface area contributed by atoms with E-state index in [4.69, 9.17) is 5.73 Å². The molecule has 0 aromatic carbocycles. The molecule has 3 nitrogen and oxygen atoms in total. The molecule has 1 unspecified atom stereocenters. The molecule has 0 aliphatic rings. The molecule has 1 rings (SSSR count). The minimum Gasteiger partial charge on any atom is -0.327 e. The van der Waals surface area contributed by atoms with E-state index in [1.807, 2.05) is 18.4 Å². The molecule has 0 radical (unpaired) electrons. The van der Waals surface area contributed by atoms with Gasteiger partial charge in [0.1, 0.15) is 0 Å². The zero-order valence-corrected chi connectivity index (χ0v) is 11.7. The summed E-state index contributed by atoms with van der Waals surface area (Å²) in [5.74, 6) is 0.146. The van der Waals surface area contributed by atoms with Crippen LogP contribution in [0.4, 0.5) is 0 Å². The fraction of sp³-hybridized carbons (Fsp3) is 0.556. The molecule has 0 spiro atoms. The topological polar surface area (TPSA) is 60.2 Å². The van der Waals surface area contributed by atoms with Crippen LogP contribution in [0.25, 0.3) is 0 Å². The van der Waals surface area contributed by atoms with Gasteiger partial charge in [0.15, 0.2) is 9.84 Å². The Bertz CT molecular complexity index is 414. The molecule has 6 heteroatoms. The molecule has 0 aliphatic heterocycles. The molecule has 2 N–H and O–H groups in total. The van der Waals surface area contributed by atoms with E-state index < -0.39 is 9.84 Å². The van der Waals surface area contributed by atoms with Crippen molar-refractivity contribution in [1.82, 2.24) is 0 Å². The van der Waals surface area contributed by atoms with Crippen molar-refractivity contribution in [2.45, 2.75) is 25.1 Å². The van der Waals surface area contributed by atoms with Gasteiger partial charge in [-0.25, -0.2) is 8.42 Å². The Balaban J connectivity index is 2.69. The largest absolute Gasteiger partial charge is 0.327 e. The zero-order valence-electron chi connectivity index (χ0n) is 8.44. The Morgan fingerprint density at radius 2 is 2.27 bits per heavy atom. The van der Waals surface area contributed by atoms with Gasteiger partial charge in [-0.3, -0.25) is 0 Å². The van der Waals surface area contributed by atoms with Gasteiger partial charge < -0.3 is 5.73 Å². The van der Waals surface area contributed by atoms with Gasteiger partial charge in [-0.15, -0.1) is 11.3 Å². The maximum absolute atomic E-state index is 11.7. The zero-order chi connectivity index (χ0) is 11.5. The number of thiophene rings is 1. The monoisotopic (exact) mass is 311 g/mol. The highest BCUT2D eigenvalue weighted by molar-refractivity contribution is 9.10. The first-order valence-electron chi connectivity index (χ1n) is 4.62. The first-order chi connectivity index (χ1) is 6.94. The smallest absolute Gasteiger partial charge is 0.156 e. The maximum Gasteiger partial charge on any atom is 0.156 e. The molecule has 1 aromatic rings. The van der Waals surface area contributed by atoms with Crippen LogP contribution in [-0.4, -0.2) is 20.2 Å². The highest BCUT2D eigenvalue weighted by Crippen LogP contribution is 2.25. The second-order valence-electron chi connectivity index (χ2n) is 3.41. The van der Waals surface area contributed by atoms with Crippen molar-refractivity contribution in [1.29, 1.82) is 0 Å². The maximum atomic E-state index is 11.7. The Morgan fingerprint density at radius 3 is 2.73 bits per heavy atom. The lowest BCUT2D eigenvalue weighted by molar-refractivity contribution is 0.583. The summed E-state index contributed by atoms with van der Waals surface area (Å²) in [7, 11) is -3.08. The Labute approximate surface area is 103 Å². The standard InChI is InChI=1S/C9H14BrNO2S2/c1-2-7(11)5-15(12,13)6-9-8(10)3-4-14-9/h3-4,7H,2,5-6,11H2,1H3. The summed E-state index contributed by atoms with van der Waals surface area (Å²) in [5, 5.41) is 1.87. The third-order valence-corrected chi connectivity index (χ3v) is 5.81. The van der Waals surface area contributed by atoms with Crippen molar-refractivity contribution < 1.29 is 8.42 Å².